The predicted molar refractivity (Wildman–Crippen MR) is 192 cm³/mol. The first-order valence-corrected chi connectivity index (χ1v) is 15.7. The molecule has 0 amide bonds. The maximum absolute atomic E-state index is 6.03. The first kappa shape index (κ1) is 27.0. The quantitative estimate of drug-likeness (QED) is 0.197. The smallest absolute Gasteiger partial charge is 0.153 e. The largest absolute Gasteiger partial charge is 0.454 e. The fourth-order valence-corrected chi connectivity index (χ4v) is 6.46. The Bertz CT molecular complexity index is 2510. The van der Waals surface area contributed by atoms with Gasteiger partial charge in [-0.25, -0.2) is 9.97 Å². The standard InChI is InChI=1S/C43H27N3O/c1-3-11-28(12-4-1)38-26-32(27-39(45-38)29-13-5-2-6-14-29)30-15-9-16-31(25-30)33-18-10-19-35-34(33)23-24-44-42(35)37-21-22-41-43(46-37)36-17-7-8-20-40(36)47-41/h1-27H. The van der Waals surface area contributed by atoms with Crippen molar-refractivity contribution in [2.24, 2.45) is 0 Å². The third kappa shape index (κ3) is 4.84. The van der Waals surface area contributed by atoms with Gasteiger partial charge in [0.05, 0.1) is 22.8 Å². The number of benzene rings is 5. The van der Waals surface area contributed by atoms with E-state index in [1.807, 2.05) is 54.7 Å². The van der Waals surface area contributed by atoms with Crippen molar-refractivity contribution in [1.82, 2.24) is 15.0 Å². The molecule has 4 heteroatoms. The van der Waals surface area contributed by atoms with E-state index in [2.05, 4.69) is 109 Å². The first-order chi connectivity index (χ1) is 23.3. The third-order valence-corrected chi connectivity index (χ3v) is 8.74. The zero-order chi connectivity index (χ0) is 31.2. The van der Waals surface area contributed by atoms with Gasteiger partial charge in [0.25, 0.3) is 0 Å². The van der Waals surface area contributed by atoms with Crippen molar-refractivity contribution < 1.29 is 4.42 Å². The van der Waals surface area contributed by atoms with E-state index >= 15 is 0 Å². The minimum absolute atomic E-state index is 0.773. The van der Waals surface area contributed by atoms with Crippen LogP contribution in [0.25, 0.3) is 89.0 Å². The minimum atomic E-state index is 0.773. The summed E-state index contributed by atoms with van der Waals surface area (Å²) in [5.41, 5.74) is 12.7. The van der Waals surface area contributed by atoms with Crippen molar-refractivity contribution in [3.63, 3.8) is 0 Å². The number of hydrogen-bond donors (Lipinski definition) is 0. The second-order valence-corrected chi connectivity index (χ2v) is 11.6. The molecule has 0 aliphatic rings. The van der Waals surface area contributed by atoms with Crippen LogP contribution in [0.3, 0.4) is 0 Å². The number of rotatable bonds is 5. The van der Waals surface area contributed by atoms with Crippen LogP contribution < -0.4 is 0 Å². The number of nitrogens with zero attached hydrogens (tertiary/aromatic N) is 3. The highest BCUT2D eigenvalue weighted by Gasteiger charge is 2.15. The molecule has 0 fully saturated rings. The van der Waals surface area contributed by atoms with E-state index in [-0.39, 0.29) is 0 Å². The second-order valence-electron chi connectivity index (χ2n) is 11.6. The number of para-hydroxylation sites is 1. The van der Waals surface area contributed by atoms with Crippen LogP contribution >= 0.6 is 0 Å². The average molecular weight is 602 g/mol. The summed E-state index contributed by atoms with van der Waals surface area (Å²) in [6.45, 7) is 0. The van der Waals surface area contributed by atoms with Gasteiger partial charge in [-0.15, -0.1) is 0 Å². The predicted octanol–water partition coefficient (Wildman–Crippen LogP) is 11.3. The van der Waals surface area contributed by atoms with E-state index in [1.54, 1.807) is 0 Å². The molecule has 0 saturated heterocycles. The highest BCUT2D eigenvalue weighted by Crippen LogP contribution is 2.37. The van der Waals surface area contributed by atoms with Crippen LogP contribution in [0.1, 0.15) is 0 Å². The van der Waals surface area contributed by atoms with Gasteiger partial charge >= 0.3 is 0 Å². The van der Waals surface area contributed by atoms with E-state index < -0.39 is 0 Å². The number of fused-ring (bicyclic) bond motifs is 4. The summed E-state index contributed by atoms with van der Waals surface area (Å²) in [7, 11) is 0. The van der Waals surface area contributed by atoms with Crippen molar-refractivity contribution in [2.75, 3.05) is 0 Å². The molecule has 47 heavy (non-hydrogen) atoms. The van der Waals surface area contributed by atoms with Gasteiger partial charge in [-0.3, -0.25) is 4.98 Å². The molecule has 0 atom stereocenters. The van der Waals surface area contributed by atoms with Gasteiger partial charge in [0.2, 0.25) is 0 Å². The van der Waals surface area contributed by atoms with Crippen molar-refractivity contribution >= 4 is 32.8 Å². The summed E-state index contributed by atoms with van der Waals surface area (Å²) in [6, 6.07) is 54.4. The number of hydrogen-bond acceptors (Lipinski definition) is 4. The molecule has 0 bridgehead atoms. The summed E-state index contributed by atoms with van der Waals surface area (Å²) in [5, 5.41) is 3.18. The van der Waals surface area contributed by atoms with Gasteiger partial charge in [0.15, 0.2) is 5.58 Å². The van der Waals surface area contributed by atoms with Gasteiger partial charge in [-0.2, -0.15) is 0 Å². The molecule has 0 saturated carbocycles. The van der Waals surface area contributed by atoms with Crippen LogP contribution in [-0.4, -0.2) is 15.0 Å². The molecule has 5 aromatic carbocycles. The Labute approximate surface area is 271 Å². The molecule has 0 radical (unpaired) electrons. The molecule has 4 heterocycles. The molecule has 0 spiro atoms. The monoisotopic (exact) mass is 601 g/mol. The summed E-state index contributed by atoms with van der Waals surface area (Å²) >= 11 is 0. The van der Waals surface area contributed by atoms with Crippen molar-refractivity contribution in [3.8, 4) is 56.2 Å². The van der Waals surface area contributed by atoms with Crippen LogP contribution in [0.15, 0.2) is 168 Å². The maximum atomic E-state index is 6.03. The Morgan fingerprint density at radius 3 is 1.83 bits per heavy atom. The van der Waals surface area contributed by atoms with Crippen LogP contribution in [0.2, 0.25) is 0 Å². The van der Waals surface area contributed by atoms with E-state index in [0.717, 1.165) is 89.0 Å². The van der Waals surface area contributed by atoms with Gasteiger partial charge < -0.3 is 4.42 Å². The lowest BCUT2D eigenvalue weighted by molar-refractivity contribution is 0.668. The first-order valence-electron chi connectivity index (χ1n) is 15.7. The lowest BCUT2D eigenvalue weighted by atomic mass is 9.94. The second kappa shape index (κ2) is 11.2. The lowest BCUT2D eigenvalue weighted by Crippen LogP contribution is -1.92. The number of pyridine rings is 3. The number of aromatic nitrogens is 3. The zero-order valence-corrected chi connectivity index (χ0v) is 25.3. The zero-order valence-electron chi connectivity index (χ0n) is 25.3. The van der Waals surface area contributed by atoms with Crippen LogP contribution in [0.4, 0.5) is 0 Å². The van der Waals surface area contributed by atoms with E-state index in [9.17, 15) is 0 Å². The van der Waals surface area contributed by atoms with Crippen LogP contribution in [0, 0.1) is 0 Å². The Kier molecular flexibility index (Phi) is 6.43. The fraction of sp³-hybridized carbons (Fsp3) is 0. The summed E-state index contributed by atoms with van der Waals surface area (Å²) < 4.78 is 6.03. The van der Waals surface area contributed by atoms with Gasteiger partial charge in [-0.1, -0.05) is 109 Å². The fourth-order valence-electron chi connectivity index (χ4n) is 6.46. The van der Waals surface area contributed by atoms with Crippen molar-refractivity contribution in [1.29, 1.82) is 0 Å². The normalized spacial score (nSPS) is 11.4. The van der Waals surface area contributed by atoms with Crippen molar-refractivity contribution in [3.05, 3.63) is 164 Å². The molecular weight excluding hydrogens is 574 g/mol. The molecule has 9 rings (SSSR count). The lowest BCUT2D eigenvalue weighted by Gasteiger charge is -2.13. The SMILES string of the molecule is c1ccc(-c2cc(-c3cccc(-c4cccc5c(-c6ccc7oc8ccccc8c7n6)nccc45)c3)cc(-c3ccccc3)n2)cc1. The van der Waals surface area contributed by atoms with E-state index in [1.165, 1.54) is 0 Å². The Morgan fingerprint density at radius 1 is 0.383 bits per heavy atom. The van der Waals surface area contributed by atoms with Gasteiger partial charge in [0, 0.05) is 28.1 Å². The van der Waals surface area contributed by atoms with Crippen molar-refractivity contribution in [2.45, 2.75) is 0 Å². The minimum Gasteiger partial charge on any atom is -0.454 e. The summed E-state index contributed by atoms with van der Waals surface area (Å²) in [4.78, 5) is 14.9. The topological polar surface area (TPSA) is 51.8 Å². The van der Waals surface area contributed by atoms with E-state index in [0.29, 0.717) is 0 Å². The number of furan rings is 1. The molecule has 4 nitrogen and oxygen atoms in total. The Morgan fingerprint density at radius 2 is 1.04 bits per heavy atom. The Hall–Kier alpha value is -6.39. The van der Waals surface area contributed by atoms with Gasteiger partial charge in [-0.05, 0) is 76.2 Å². The van der Waals surface area contributed by atoms with Crippen LogP contribution in [0.5, 0.6) is 0 Å². The molecular formula is C43H27N3O. The maximum Gasteiger partial charge on any atom is 0.153 e. The average Bonchev–Trinajstić information content (AvgIpc) is 3.53. The van der Waals surface area contributed by atoms with Crippen LogP contribution in [-0.2, 0) is 0 Å². The molecule has 9 aromatic rings. The molecule has 0 aliphatic heterocycles. The Balaban J connectivity index is 1.17. The van der Waals surface area contributed by atoms with E-state index in [4.69, 9.17) is 19.4 Å². The summed E-state index contributed by atoms with van der Waals surface area (Å²) in [6.07, 6.45) is 1.88. The molecule has 4 aromatic heterocycles. The molecule has 0 N–H and O–H groups in total. The third-order valence-electron chi connectivity index (χ3n) is 8.74. The highest BCUT2D eigenvalue weighted by molar-refractivity contribution is 6.06. The molecule has 220 valence electrons. The molecule has 0 aliphatic carbocycles. The molecule has 0 unspecified atom stereocenters. The highest BCUT2D eigenvalue weighted by atomic mass is 16.3. The van der Waals surface area contributed by atoms with Gasteiger partial charge in [0.1, 0.15) is 11.1 Å². The summed E-state index contributed by atoms with van der Waals surface area (Å²) in [5.74, 6) is 0.